The van der Waals surface area contributed by atoms with Gasteiger partial charge in [0.15, 0.2) is 0 Å². The molecule has 0 amide bonds. The van der Waals surface area contributed by atoms with Gasteiger partial charge in [0.2, 0.25) is 0 Å². The van der Waals surface area contributed by atoms with Gasteiger partial charge in [-0.2, -0.15) is 8.42 Å². The van der Waals surface area contributed by atoms with Gasteiger partial charge in [0.1, 0.15) is 0 Å². The van der Waals surface area contributed by atoms with E-state index in [1.54, 1.807) is 25.1 Å². The van der Waals surface area contributed by atoms with Crippen LogP contribution in [-0.4, -0.2) is 13.0 Å². The summed E-state index contributed by atoms with van der Waals surface area (Å²) in [5.41, 5.74) is 1.29. The fourth-order valence-corrected chi connectivity index (χ4v) is 2.52. The normalized spacial score (nSPS) is 10.9. The van der Waals surface area contributed by atoms with Crippen molar-refractivity contribution in [3.63, 3.8) is 0 Å². The molecule has 0 saturated carbocycles. The van der Waals surface area contributed by atoms with Crippen molar-refractivity contribution in [1.29, 1.82) is 0 Å². The second kappa shape index (κ2) is 5.25. The van der Waals surface area contributed by atoms with E-state index in [4.69, 9.17) is 4.55 Å². The van der Waals surface area contributed by atoms with Crippen LogP contribution in [-0.2, 0) is 16.5 Å². The third kappa shape index (κ3) is 3.30. The fraction of sp³-hybridized carbons (Fsp3) is 0.400. The Morgan fingerprint density at radius 1 is 1.33 bits per heavy atom. The molecule has 15 heavy (non-hydrogen) atoms. The highest BCUT2D eigenvalue weighted by Crippen LogP contribution is 2.21. The summed E-state index contributed by atoms with van der Waals surface area (Å²) in [4.78, 5) is 0.0712. The van der Waals surface area contributed by atoms with Crippen LogP contribution in [0, 0.1) is 6.92 Å². The van der Waals surface area contributed by atoms with Crippen LogP contribution in [0.15, 0.2) is 23.1 Å². The summed E-state index contributed by atoms with van der Waals surface area (Å²) in [6.07, 6.45) is 1.52. The molecule has 0 atom stereocenters. The molecule has 1 aromatic carbocycles. The lowest BCUT2D eigenvalue weighted by atomic mass is 10.1. The van der Waals surface area contributed by atoms with Crippen molar-refractivity contribution < 1.29 is 13.0 Å². The molecule has 0 aromatic heterocycles. The maximum atomic E-state index is 11.1. The molecule has 0 unspecified atom stereocenters. The third-order valence-electron chi connectivity index (χ3n) is 2.07. The maximum Gasteiger partial charge on any atom is 0.295 e. The summed E-state index contributed by atoms with van der Waals surface area (Å²) >= 11 is 0. The SMILES string of the molecule is CCCc1cccc(C)c1S(=O)(=O)O.N. The van der Waals surface area contributed by atoms with Crippen molar-refractivity contribution in [3.05, 3.63) is 29.3 Å². The smallest absolute Gasteiger partial charge is 0.295 e. The third-order valence-corrected chi connectivity index (χ3v) is 3.17. The van der Waals surface area contributed by atoms with Gasteiger partial charge >= 0.3 is 0 Å². The zero-order chi connectivity index (χ0) is 10.8. The summed E-state index contributed by atoms with van der Waals surface area (Å²) in [7, 11) is -4.09. The Hall–Kier alpha value is -0.910. The molecule has 0 saturated heterocycles. The summed E-state index contributed by atoms with van der Waals surface area (Å²) in [5, 5.41) is 0. The molecule has 1 rings (SSSR count). The lowest BCUT2D eigenvalue weighted by Gasteiger charge is -2.08. The Kier molecular flexibility index (Phi) is 4.93. The molecule has 0 aliphatic carbocycles. The minimum atomic E-state index is -4.09. The summed E-state index contributed by atoms with van der Waals surface area (Å²) in [6, 6.07) is 5.22. The zero-order valence-electron chi connectivity index (χ0n) is 9.03. The summed E-state index contributed by atoms with van der Waals surface area (Å²) < 4.78 is 31.3. The number of benzene rings is 1. The first-order valence-corrected chi connectivity index (χ1v) is 5.96. The molecule has 0 aliphatic heterocycles. The summed E-state index contributed by atoms with van der Waals surface area (Å²) in [6.45, 7) is 3.65. The Morgan fingerprint density at radius 2 is 1.93 bits per heavy atom. The number of hydrogen-bond acceptors (Lipinski definition) is 3. The monoisotopic (exact) mass is 231 g/mol. The molecule has 4 N–H and O–H groups in total. The number of rotatable bonds is 3. The van der Waals surface area contributed by atoms with E-state index in [2.05, 4.69) is 0 Å². The average Bonchev–Trinajstić information content (AvgIpc) is 2.02. The van der Waals surface area contributed by atoms with Gasteiger partial charge in [0.25, 0.3) is 10.1 Å². The van der Waals surface area contributed by atoms with E-state index < -0.39 is 10.1 Å². The van der Waals surface area contributed by atoms with E-state index in [-0.39, 0.29) is 11.0 Å². The predicted octanol–water partition coefficient (Wildman–Crippen LogP) is 2.36. The lowest BCUT2D eigenvalue weighted by Crippen LogP contribution is -2.05. The highest BCUT2D eigenvalue weighted by atomic mass is 32.2. The maximum absolute atomic E-state index is 11.1. The minimum Gasteiger partial charge on any atom is -0.344 e. The van der Waals surface area contributed by atoms with E-state index in [1.807, 2.05) is 6.92 Å². The molecule has 0 bridgehead atoms. The van der Waals surface area contributed by atoms with Gasteiger partial charge in [-0.15, -0.1) is 0 Å². The Labute approximate surface area is 90.7 Å². The molecule has 4 nitrogen and oxygen atoms in total. The molecule has 0 heterocycles. The van der Waals surface area contributed by atoms with E-state index in [0.29, 0.717) is 17.5 Å². The second-order valence-corrected chi connectivity index (χ2v) is 4.65. The van der Waals surface area contributed by atoms with Gasteiger partial charge in [0, 0.05) is 0 Å². The van der Waals surface area contributed by atoms with Gasteiger partial charge in [0.05, 0.1) is 4.90 Å². The number of hydrogen-bond donors (Lipinski definition) is 2. The molecular weight excluding hydrogens is 214 g/mol. The van der Waals surface area contributed by atoms with Gasteiger partial charge in [-0.1, -0.05) is 31.5 Å². The van der Waals surface area contributed by atoms with Crippen LogP contribution >= 0.6 is 0 Å². The van der Waals surface area contributed by atoms with Crippen LogP contribution in [0.2, 0.25) is 0 Å². The molecule has 5 heteroatoms. The number of aryl methyl sites for hydroxylation is 2. The zero-order valence-corrected chi connectivity index (χ0v) is 9.84. The molecule has 0 aliphatic rings. The molecule has 1 aromatic rings. The van der Waals surface area contributed by atoms with Crippen LogP contribution in [0.3, 0.4) is 0 Å². The Balaban J connectivity index is 0.00000196. The molecular formula is C10H17NO3S. The first-order valence-electron chi connectivity index (χ1n) is 4.52. The van der Waals surface area contributed by atoms with E-state index >= 15 is 0 Å². The van der Waals surface area contributed by atoms with E-state index in [0.717, 1.165) is 6.42 Å². The van der Waals surface area contributed by atoms with Gasteiger partial charge < -0.3 is 6.15 Å². The van der Waals surface area contributed by atoms with Crippen LogP contribution < -0.4 is 6.15 Å². The largest absolute Gasteiger partial charge is 0.344 e. The summed E-state index contributed by atoms with van der Waals surface area (Å²) in [5.74, 6) is 0. The standard InChI is InChI=1S/C10H14O3S.H3N/c1-3-5-9-7-4-6-8(2)10(9)14(11,12)13;/h4,6-7H,3,5H2,1-2H3,(H,11,12,13);1H3. The Bertz CT molecular complexity index is 426. The van der Waals surface area contributed by atoms with Crippen molar-refractivity contribution in [2.75, 3.05) is 0 Å². The van der Waals surface area contributed by atoms with Crippen molar-refractivity contribution >= 4 is 10.1 Å². The molecule has 86 valence electrons. The van der Waals surface area contributed by atoms with Gasteiger partial charge in [-0.25, -0.2) is 0 Å². The van der Waals surface area contributed by atoms with Gasteiger partial charge in [-0.3, -0.25) is 4.55 Å². The predicted molar refractivity (Wildman–Crippen MR) is 60.0 cm³/mol. The highest BCUT2D eigenvalue weighted by Gasteiger charge is 2.16. The fourth-order valence-electron chi connectivity index (χ4n) is 1.55. The first kappa shape index (κ1) is 14.1. The van der Waals surface area contributed by atoms with Crippen LogP contribution in [0.25, 0.3) is 0 Å². The van der Waals surface area contributed by atoms with Crippen molar-refractivity contribution in [3.8, 4) is 0 Å². The Morgan fingerprint density at radius 3 is 2.40 bits per heavy atom. The van der Waals surface area contributed by atoms with Gasteiger partial charge in [-0.05, 0) is 24.5 Å². The molecule has 0 radical (unpaired) electrons. The van der Waals surface area contributed by atoms with Crippen molar-refractivity contribution in [2.45, 2.75) is 31.6 Å². The van der Waals surface area contributed by atoms with E-state index in [9.17, 15) is 8.42 Å². The van der Waals surface area contributed by atoms with Crippen molar-refractivity contribution in [1.82, 2.24) is 6.15 Å². The highest BCUT2D eigenvalue weighted by molar-refractivity contribution is 7.86. The molecule has 0 spiro atoms. The van der Waals surface area contributed by atoms with E-state index in [1.165, 1.54) is 0 Å². The average molecular weight is 231 g/mol. The van der Waals surface area contributed by atoms with Crippen LogP contribution in [0.1, 0.15) is 24.5 Å². The lowest BCUT2D eigenvalue weighted by molar-refractivity contribution is 0.481. The topological polar surface area (TPSA) is 89.4 Å². The van der Waals surface area contributed by atoms with Crippen molar-refractivity contribution in [2.24, 2.45) is 0 Å². The second-order valence-electron chi connectivity index (χ2n) is 3.29. The first-order chi connectivity index (χ1) is 6.46. The van der Waals surface area contributed by atoms with Crippen LogP contribution in [0.5, 0.6) is 0 Å². The molecule has 0 fully saturated rings. The minimum absolute atomic E-state index is 0. The van der Waals surface area contributed by atoms with Crippen LogP contribution in [0.4, 0.5) is 0 Å². The quantitative estimate of drug-likeness (QED) is 0.781.